The van der Waals surface area contributed by atoms with Crippen LogP contribution in [0.3, 0.4) is 0 Å². The molecule has 0 bridgehead atoms. The normalized spacial score (nSPS) is 11.5. The molecule has 0 radical (unpaired) electrons. The maximum Gasteiger partial charge on any atom is 1.00 e. The number of aryl methyl sites for hydroxylation is 1. The maximum absolute atomic E-state index is 12.8. The molecule has 1 heterocycles. The third-order valence-corrected chi connectivity index (χ3v) is 9.59. The standard InChI is InChI=1S/C30H30Cl3N7O8S2.2Na/c1-4-39(11-6-12-49(43,44)45)21-9-10-25(26(16-21)34-18(3)41)36-37-29-27(33)17(2)38-40(29)28-23(31)14-20(15-24(28)32)35-30(42)19-7-5-8-22(13-19)50(46,47)48;;/h5,7-10,13-16H,4,6,11-12H2,1-3H3,(H,34,41)(H,35,42)(H,43,44,45)(H,46,47,48);;/q;2*+1/p-2. The summed E-state index contributed by atoms with van der Waals surface area (Å²) in [4.78, 5) is 26.1. The summed E-state index contributed by atoms with van der Waals surface area (Å²) < 4.78 is 68.5. The van der Waals surface area contributed by atoms with Gasteiger partial charge in [-0.25, -0.2) is 21.5 Å². The third-order valence-electron chi connectivity index (χ3n) is 6.95. The average Bonchev–Trinajstić information content (AvgIpc) is 3.29. The van der Waals surface area contributed by atoms with Gasteiger partial charge in [0.15, 0.2) is 5.82 Å². The van der Waals surface area contributed by atoms with Gasteiger partial charge in [-0.3, -0.25) is 9.59 Å². The maximum atomic E-state index is 12.8. The van der Waals surface area contributed by atoms with E-state index in [2.05, 4.69) is 26.0 Å². The van der Waals surface area contributed by atoms with E-state index in [0.717, 1.165) is 12.1 Å². The van der Waals surface area contributed by atoms with Crippen LogP contribution in [-0.2, 0) is 25.0 Å². The topological polar surface area (TPSA) is 218 Å². The molecule has 4 rings (SSSR count). The van der Waals surface area contributed by atoms with E-state index in [4.69, 9.17) is 34.8 Å². The van der Waals surface area contributed by atoms with Crippen molar-refractivity contribution in [1.82, 2.24) is 9.78 Å². The zero-order valence-electron chi connectivity index (χ0n) is 28.5. The summed E-state index contributed by atoms with van der Waals surface area (Å²) in [7, 11) is -9.15. The fourth-order valence-corrected chi connectivity index (χ4v) is 6.48. The third kappa shape index (κ3) is 12.2. The number of hydrogen-bond donors (Lipinski definition) is 2. The SMILES string of the molecule is CCN(CCCS(=O)(=O)[O-])c1ccc(N=Nc2c(Cl)c(C)nn2-c2c(Cl)cc(NC(=O)c3cccc(S(=O)(=O)[O-])c3)cc2Cl)c(NC(C)=O)c1.[Na+].[Na+]. The number of nitrogens with zero attached hydrogens (tertiary/aromatic N) is 5. The molecule has 52 heavy (non-hydrogen) atoms. The van der Waals surface area contributed by atoms with Gasteiger partial charge in [0, 0.05) is 42.7 Å². The molecule has 4 aromatic rings. The van der Waals surface area contributed by atoms with Crippen molar-refractivity contribution in [3.63, 3.8) is 0 Å². The summed E-state index contributed by atoms with van der Waals surface area (Å²) in [6.07, 6.45) is 0.111. The Morgan fingerprint density at radius 2 is 1.60 bits per heavy atom. The summed E-state index contributed by atoms with van der Waals surface area (Å²) >= 11 is 19.8. The van der Waals surface area contributed by atoms with E-state index in [9.17, 15) is 35.5 Å². The fourth-order valence-electron chi connectivity index (χ4n) is 4.68. The molecule has 22 heteroatoms. The number of benzene rings is 3. The van der Waals surface area contributed by atoms with E-state index in [0.29, 0.717) is 17.9 Å². The Morgan fingerprint density at radius 1 is 0.942 bits per heavy atom. The molecule has 1 aromatic heterocycles. The second-order valence-electron chi connectivity index (χ2n) is 10.6. The number of carbonyl (C=O) groups is 2. The minimum atomic E-state index is -4.79. The van der Waals surface area contributed by atoms with Gasteiger partial charge in [-0.05, 0) is 68.8 Å². The molecule has 15 nitrogen and oxygen atoms in total. The van der Waals surface area contributed by atoms with Crippen molar-refractivity contribution in [2.45, 2.75) is 32.1 Å². The van der Waals surface area contributed by atoms with Crippen molar-refractivity contribution in [2.24, 2.45) is 10.2 Å². The summed E-state index contributed by atoms with van der Waals surface area (Å²) in [5.41, 5.74) is 1.65. The fraction of sp³-hybridized carbons (Fsp3) is 0.233. The molecule has 266 valence electrons. The molecular weight excluding hydrogens is 803 g/mol. The van der Waals surface area contributed by atoms with Crippen LogP contribution in [0.1, 0.15) is 36.3 Å². The zero-order valence-corrected chi connectivity index (χ0v) is 36.4. The van der Waals surface area contributed by atoms with Crippen molar-refractivity contribution < 1.29 is 94.6 Å². The second-order valence-corrected chi connectivity index (χ2v) is 14.7. The number of rotatable bonds is 13. The van der Waals surface area contributed by atoms with Crippen LogP contribution in [0.4, 0.5) is 28.6 Å². The van der Waals surface area contributed by atoms with E-state index in [-0.39, 0.29) is 121 Å². The summed E-state index contributed by atoms with van der Waals surface area (Å²) in [6, 6.07) is 12.2. The molecule has 0 aliphatic rings. The molecule has 0 saturated carbocycles. The van der Waals surface area contributed by atoms with Crippen molar-refractivity contribution in [3.8, 4) is 5.69 Å². The molecule has 2 amide bonds. The smallest absolute Gasteiger partial charge is 0.748 e. The first-order chi connectivity index (χ1) is 23.4. The van der Waals surface area contributed by atoms with Gasteiger partial charge in [0.1, 0.15) is 26.5 Å². The Balaban J connectivity index is 0.00000468. The van der Waals surface area contributed by atoms with Crippen molar-refractivity contribution in [3.05, 3.63) is 80.9 Å². The van der Waals surface area contributed by atoms with Gasteiger partial charge in [-0.2, -0.15) is 5.10 Å². The zero-order chi connectivity index (χ0) is 37.0. The minimum Gasteiger partial charge on any atom is -0.748 e. The molecule has 0 spiro atoms. The number of halogens is 3. The predicted octanol–water partition coefficient (Wildman–Crippen LogP) is 0.441. The van der Waals surface area contributed by atoms with Gasteiger partial charge < -0.3 is 24.6 Å². The van der Waals surface area contributed by atoms with Gasteiger partial charge >= 0.3 is 59.1 Å². The van der Waals surface area contributed by atoms with E-state index in [1.165, 1.54) is 35.9 Å². The van der Waals surface area contributed by atoms with Gasteiger partial charge in [0.05, 0.1) is 36.4 Å². The monoisotopic (exact) mass is 829 g/mol. The Labute approximate surface area is 359 Å². The van der Waals surface area contributed by atoms with Gasteiger partial charge in [-0.1, -0.05) is 40.9 Å². The molecular formula is C30H28Cl3N7Na2O8S2. The number of amides is 2. The molecule has 0 atom stereocenters. The van der Waals surface area contributed by atoms with Gasteiger partial charge in [0.2, 0.25) is 5.91 Å². The first-order valence-corrected chi connectivity index (χ1v) is 18.6. The summed E-state index contributed by atoms with van der Waals surface area (Å²) in [5.74, 6) is -1.62. The van der Waals surface area contributed by atoms with Crippen LogP contribution in [0.2, 0.25) is 15.1 Å². The van der Waals surface area contributed by atoms with E-state index in [1.807, 2.05) is 11.8 Å². The number of aromatic nitrogens is 2. The Bertz CT molecular complexity index is 2200. The quantitative estimate of drug-likeness (QED) is 0.108. The second kappa shape index (κ2) is 19.5. The predicted molar refractivity (Wildman–Crippen MR) is 188 cm³/mol. The van der Waals surface area contributed by atoms with E-state index in [1.54, 1.807) is 25.1 Å². The number of azo groups is 1. The number of anilines is 3. The number of hydrogen-bond acceptors (Lipinski definition) is 12. The Morgan fingerprint density at radius 3 is 2.17 bits per heavy atom. The minimum absolute atomic E-state index is 0. The molecule has 0 saturated heterocycles. The van der Waals surface area contributed by atoms with Gasteiger partial charge in [0.25, 0.3) is 5.91 Å². The van der Waals surface area contributed by atoms with Crippen molar-refractivity contribution in [1.29, 1.82) is 0 Å². The van der Waals surface area contributed by atoms with Crippen LogP contribution in [0.15, 0.2) is 69.7 Å². The molecule has 0 fully saturated rings. The van der Waals surface area contributed by atoms with Crippen LogP contribution in [-0.4, -0.2) is 66.4 Å². The molecule has 0 aliphatic heterocycles. The van der Waals surface area contributed by atoms with Crippen LogP contribution < -0.4 is 74.6 Å². The molecule has 0 unspecified atom stereocenters. The average molecular weight is 831 g/mol. The molecule has 3 aromatic carbocycles. The Hall–Kier alpha value is -2.10. The van der Waals surface area contributed by atoms with Crippen LogP contribution in [0.25, 0.3) is 5.69 Å². The Kier molecular flexibility index (Phi) is 17.2. The largest absolute Gasteiger partial charge is 1.00 e. The summed E-state index contributed by atoms with van der Waals surface area (Å²) in [5, 5.41) is 18.4. The molecule has 0 aliphatic carbocycles. The number of carbonyl (C=O) groups excluding carboxylic acids is 2. The molecule has 2 N–H and O–H groups in total. The van der Waals surface area contributed by atoms with Crippen LogP contribution in [0, 0.1) is 6.92 Å². The van der Waals surface area contributed by atoms with E-state index >= 15 is 0 Å². The first kappa shape index (κ1) is 46.1. The van der Waals surface area contributed by atoms with Crippen molar-refractivity contribution in [2.75, 3.05) is 34.4 Å². The number of nitrogens with one attached hydrogen (secondary N) is 2. The summed E-state index contributed by atoms with van der Waals surface area (Å²) in [6.45, 7) is 5.53. The van der Waals surface area contributed by atoms with Gasteiger partial charge in [-0.15, -0.1) is 10.2 Å². The first-order valence-electron chi connectivity index (χ1n) is 14.5. The van der Waals surface area contributed by atoms with Crippen molar-refractivity contribution >= 4 is 95.4 Å². The van der Waals surface area contributed by atoms with Crippen LogP contribution in [0.5, 0.6) is 0 Å². The van der Waals surface area contributed by atoms with E-state index < -0.39 is 42.7 Å². The van der Waals surface area contributed by atoms with Crippen LogP contribution >= 0.6 is 34.8 Å².